The summed E-state index contributed by atoms with van der Waals surface area (Å²) in [4.78, 5) is 6.47. The van der Waals surface area contributed by atoms with Gasteiger partial charge in [0.05, 0.1) is 19.5 Å². The van der Waals surface area contributed by atoms with E-state index in [1.807, 2.05) is 0 Å². The van der Waals surface area contributed by atoms with E-state index in [9.17, 15) is 13.2 Å². The summed E-state index contributed by atoms with van der Waals surface area (Å²) in [6, 6.07) is 0. The standard InChI is InChI=1S/C6H5F3N2O/c1-12-5-3-10-2-4(11-5)6(7,8)9/h2-3H,1H3. The van der Waals surface area contributed by atoms with E-state index in [0.29, 0.717) is 6.20 Å². The molecule has 66 valence electrons. The number of methoxy groups -OCH3 is 1. The van der Waals surface area contributed by atoms with E-state index in [2.05, 4.69) is 14.7 Å². The molecule has 3 nitrogen and oxygen atoms in total. The lowest BCUT2D eigenvalue weighted by atomic mass is 10.4. The number of hydrogen-bond donors (Lipinski definition) is 0. The summed E-state index contributed by atoms with van der Waals surface area (Å²) in [5, 5.41) is 0. The summed E-state index contributed by atoms with van der Waals surface area (Å²) in [7, 11) is 1.23. The maximum Gasteiger partial charge on any atom is 0.435 e. The van der Waals surface area contributed by atoms with Crippen LogP contribution in [0.3, 0.4) is 0 Å². The quantitative estimate of drug-likeness (QED) is 0.653. The van der Waals surface area contributed by atoms with Gasteiger partial charge in [0.15, 0.2) is 5.69 Å². The molecule has 0 aromatic carbocycles. The third-order valence-corrected chi connectivity index (χ3v) is 1.11. The van der Waals surface area contributed by atoms with Crippen LogP contribution in [0.1, 0.15) is 5.69 Å². The Morgan fingerprint density at radius 3 is 2.50 bits per heavy atom. The molecule has 0 amide bonds. The Labute approximate surface area is 66.2 Å². The van der Waals surface area contributed by atoms with Gasteiger partial charge in [0, 0.05) is 0 Å². The predicted molar refractivity (Wildman–Crippen MR) is 33.6 cm³/mol. The highest BCUT2D eigenvalue weighted by Gasteiger charge is 2.33. The second-order valence-electron chi connectivity index (χ2n) is 1.94. The lowest BCUT2D eigenvalue weighted by molar-refractivity contribution is -0.141. The van der Waals surface area contributed by atoms with Crippen LogP contribution in [0.4, 0.5) is 13.2 Å². The Kier molecular flexibility index (Phi) is 2.16. The molecule has 6 heteroatoms. The van der Waals surface area contributed by atoms with E-state index in [1.54, 1.807) is 0 Å². The number of aromatic nitrogens is 2. The largest absolute Gasteiger partial charge is 0.480 e. The number of hydrogen-bond acceptors (Lipinski definition) is 3. The van der Waals surface area contributed by atoms with Gasteiger partial charge in [-0.15, -0.1) is 0 Å². The van der Waals surface area contributed by atoms with E-state index in [4.69, 9.17) is 0 Å². The second kappa shape index (κ2) is 2.96. The summed E-state index contributed by atoms with van der Waals surface area (Å²) in [5.74, 6) is -0.148. The molecule has 0 unspecified atom stereocenters. The van der Waals surface area contributed by atoms with Crippen LogP contribution in [0, 0.1) is 0 Å². The van der Waals surface area contributed by atoms with Gasteiger partial charge in [-0.1, -0.05) is 0 Å². The van der Waals surface area contributed by atoms with Crippen LogP contribution in [0.2, 0.25) is 0 Å². The molecule has 0 N–H and O–H groups in total. The van der Waals surface area contributed by atoms with Crippen molar-refractivity contribution in [3.63, 3.8) is 0 Å². The molecule has 0 aliphatic heterocycles. The van der Waals surface area contributed by atoms with Crippen LogP contribution in [0.5, 0.6) is 5.88 Å². The lowest BCUT2D eigenvalue weighted by Gasteiger charge is -2.05. The molecule has 1 heterocycles. The van der Waals surface area contributed by atoms with Gasteiger partial charge in [0.25, 0.3) is 0 Å². The van der Waals surface area contributed by atoms with Gasteiger partial charge in [-0.25, -0.2) is 4.98 Å². The SMILES string of the molecule is COc1cncc(C(F)(F)F)n1. The average Bonchev–Trinajstić information content (AvgIpc) is 2.03. The van der Waals surface area contributed by atoms with Crippen molar-refractivity contribution < 1.29 is 17.9 Å². The predicted octanol–water partition coefficient (Wildman–Crippen LogP) is 1.50. The van der Waals surface area contributed by atoms with Crippen LogP contribution in [0.15, 0.2) is 12.4 Å². The molecule has 12 heavy (non-hydrogen) atoms. The van der Waals surface area contributed by atoms with Crippen molar-refractivity contribution >= 4 is 0 Å². The second-order valence-corrected chi connectivity index (χ2v) is 1.94. The fourth-order valence-corrected chi connectivity index (χ4v) is 0.583. The summed E-state index contributed by atoms with van der Waals surface area (Å²) in [6.45, 7) is 0. The van der Waals surface area contributed by atoms with Crippen molar-refractivity contribution in [2.75, 3.05) is 7.11 Å². The van der Waals surface area contributed by atoms with Crippen molar-refractivity contribution in [2.24, 2.45) is 0 Å². The highest BCUT2D eigenvalue weighted by molar-refractivity contribution is 5.10. The molecule has 0 spiro atoms. The van der Waals surface area contributed by atoms with Crippen molar-refractivity contribution in [3.05, 3.63) is 18.1 Å². The van der Waals surface area contributed by atoms with Gasteiger partial charge in [0.1, 0.15) is 0 Å². The van der Waals surface area contributed by atoms with Gasteiger partial charge < -0.3 is 4.74 Å². The summed E-state index contributed by atoms with van der Waals surface area (Å²) >= 11 is 0. The molecule has 0 saturated heterocycles. The number of ether oxygens (including phenoxy) is 1. The molecule has 0 aliphatic rings. The van der Waals surface area contributed by atoms with Crippen LogP contribution in [-0.2, 0) is 6.18 Å². The molecule has 0 bridgehead atoms. The molecule has 0 saturated carbocycles. The number of alkyl halides is 3. The maximum atomic E-state index is 11.9. The molecule has 0 atom stereocenters. The van der Waals surface area contributed by atoms with Gasteiger partial charge in [-0.05, 0) is 0 Å². The molecular formula is C6H5F3N2O. The van der Waals surface area contributed by atoms with E-state index >= 15 is 0 Å². The van der Waals surface area contributed by atoms with Gasteiger partial charge in [0.2, 0.25) is 5.88 Å². The Balaban J connectivity index is 3.02. The molecule has 1 aromatic heterocycles. The fourth-order valence-electron chi connectivity index (χ4n) is 0.583. The molecule has 0 aliphatic carbocycles. The Morgan fingerprint density at radius 1 is 1.33 bits per heavy atom. The van der Waals surface area contributed by atoms with Crippen molar-refractivity contribution in [2.45, 2.75) is 6.18 Å². The van der Waals surface area contributed by atoms with Crippen LogP contribution < -0.4 is 4.74 Å². The molecule has 0 fully saturated rings. The first-order chi connectivity index (χ1) is 5.54. The summed E-state index contributed by atoms with van der Waals surface area (Å²) < 4.78 is 40.3. The molecular weight excluding hydrogens is 173 g/mol. The first-order valence-electron chi connectivity index (χ1n) is 2.97. The molecule has 0 radical (unpaired) electrons. The van der Waals surface area contributed by atoms with E-state index in [0.717, 1.165) is 6.20 Å². The number of halogens is 3. The topological polar surface area (TPSA) is 35.0 Å². The van der Waals surface area contributed by atoms with Crippen LogP contribution in [0.25, 0.3) is 0 Å². The van der Waals surface area contributed by atoms with Crippen molar-refractivity contribution in [1.29, 1.82) is 0 Å². The minimum absolute atomic E-state index is 0.148. The van der Waals surface area contributed by atoms with Crippen molar-refractivity contribution in [3.8, 4) is 5.88 Å². The monoisotopic (exact) mass is 178 g/mol. The van der Waals surface area contributed by atoms with Crippen molar-refractivity contribution in [1.82, 2.24) is 9.97 Å². The highest BCUT2D eigenvalue weighted by Crippen LogP contribution is 2.27. The smallest absolute Gasteiger partial charge is 0.435 e. The zero-order valence-corrected chi connectivity index (χ0v) is 6.09. The lowest BCUT2D eigenvalue weighted by Crippen LogP contribution is -2.08. The van der Waals surface area contributed by atoms with E-state index < -0.39 is 11.9 Å². The Morgan fingerprint density at radius 2 is 2.00 bits per heavy atom. The number of rotatable bonds is 1. The minimum atomic E-state index is -4.47. The zero-order chi connectivity index (χ0) is 9.19. The minimum Gasteiger partial charge on any atom is -0.480 e. The normalized spacial score (nSPS) is 11.3. The van der Waals surface area contributed by atoms with E-state index in [-0.39, 0.29) is 5.88 Å². The van der Waals surface area contributed by atoms with Gasteiger partial charge in [-0.3, -0.25) is 4.98 Å². The Hall–Kier alpha value is -1.33. The van der Waals surface area contributed by atoms with Gasteiger partial charge in [-0.2, -0.15) is 13.2 Å². The third kappa shape index (κ3) is 1.84. The average molecular weight is 178 g/mol. The highest BCUT2D eigenvalue weighted by atomic mass is 19.4. The van der Waals surface area contributed by atoms with E-state index in [1.165, 1.54) is 7.11 Å². The summed E-state index contributed by atoms with van der Waals surface area (Å²) in [5.41, 5.74) is -1.05. The fraction of sp³-hybridized carbons (Fsp3) is 0.333. The van der Waals surface area contributed by atoms with Crippen LogP contribution in [-0.4, -0.2) is 17.1 Å². The first kappa shape index (κ1) is 8.76. The molecule has 1 aromatic rings. The van der Waals surface area contributed by atoms with Crippen LogP contribution >= 0.6 is 0 Å². The summed E-state index contributed by atoms with van der Waals surface area (Å²) in [6.07, 6.45) is -2.72. The Bertz CT molecular complexity index is 274. The zero-order valence-electron chi connectivity index (χ0n) is 6.09. The third-order valence-electron chi connectivity index (χ3n) is 1.11. The molecule has 1 rings (SSSR count). The van der Waals surface area contributed by atoms with Gasteiger partial charge >= 0.3 is 6.18 Å². The number of nitrogens with zero attached hydrogens (tertiary/aromatic N) is 2. The first-order valence-corrected chi connectivity index (χ1v) is 2.97. The maximum absolute atomic E-state index is 11.9.